The Balaban J connectivity index is -0.0000000112. The van der Waals surface area contributed by atoms with Gasteiger partial charge in [0.1, 0.15) is 0 Å². The Hall–Kier alpha value is -0.848. The van der Waals surface area contributed by atoms with E-state index in [1.807, 2.05) is 0 Å². The summed E-state index contributed by atoms with van der Waals surface area (Å²) in [6, 6.07) is 0. The van der Waals surface area contributed by atoms with Gasteiger partial charge in [0.2, 0.25) is 0 Å². The van der Waals surface area contributed by atoms with Gasteiger partial charge in [-0.3, -0.25) is 10.2 Å². The van der Waals surface area contributed by atoms with Crippen LogP contribution in [-0.2, 0) is 4.79 Å². The molecule has 0 aromatic carbocycles. The van der Waals surface area contributed by atoms with Gasteiger partial charge in [-0.25, -0.2) is 0 Å². The van der Waals surface area contributed by atoms with Crippen LogP contribution in [0.1, 0.15) is 6.92 Å². The second kappa shape index (κ2) is 32.0. The molecule has 0 saturated carbocycles. The highest BCUT2D eigenvalue weighted by Crippen LogP contribution is 1.42. The fourth-order valence-electron chi connectivity index (χ4n) is 0. The lowest BCUT2D eigenvalue weighted by atomic mass is 10.9. The van der Waals surface area contributed by atoms with Gasteiger partial charge < -0.3 is 33.7 Å². The molecule has 0 aliphatic carbocycles. The Morgan fingerprint density at radius 2 is 1.33 bits per heavy atom. The summed E-state index contributed by atoms with van der Waals surface area (Å²) in [6.45, 7) is 1.08. The van der Waals surface area contributed by atoms with E-state index in [2.05, 4.69) is 11.5 Å². The third kappa shape index (κ3) is 847. The highest BCUT2D eigenvalue weighted by molar-refractivity contribution is 5.75. The average Bonchev–Trinajstić information content (AvgIpc) is 1.25. The molecule has 9 heteroatoms. The standard InChI is InChI=1S/C2H4O2.CH5N3.Al.H3N.2H2O/c1-2(3)4;2-1(3)4;;;;/h1H3,(H,3,4);(H5,2,3,4);;1H3;2*1H2. The first kappa shape index (κ1) is 43.3. The van der Waals surface area contributed by atoms with Crippen molar-refractivity contribution in [3.8, 4) is 0 Å². The number of carboxylic acids is 1. The maximum absolute atomic E-state index is 9.00. The van der Waals surface area contributed by atoms with Crippen LogP contribution in [0.5, 0.6) is 0 Å². The van der Waals surface area contributed by atoms with Gasteiger partial charge >= 0.3 is 0 Å². The van der Waals surface area contributed by atoms with Crippen molar-refractivity contribution in [3.05, 3.63) is 0 Å². The SMILES string of the molecule is CC(=O)O.N.N=C(N)N.O.O.[Al]. The molecule has 0 atom stereocenters. The molecule has 0 aliphatic rings. The van der Waals surface area contributed by atoms with Gasteiger partial charge in [0.05, 0.1) is 0 Å². The molecule has 0 heterocycles. The van der Waals surface area contributed by atoms with Crippen molar-refractivity contribution in [2.75, 3.05) is 0 Å². The molecule has 8 nitrogen and oxygen atoms in total. The highest BCUT2D eigenvalue weighted by Gasteiger charge is 1.65. The van der Waals surface area contributed by atoms with Gasteiger partial charge in [-0.2, -0.15) is 0 Å². The van der Waals surface area contributed by atoms with Crippen LogP contribution in [0.3, 0.4) is 0 Å². The van der Waals surface area contributed by atoms with Gasteiger partial charge in [-0.15, -0.1) is 0 Å². The minimum atomic E-state index is -0.833. The van der Waals surface area contributed by atoms with Crippen molar-refractivity contribution < 1.29 is 20.9 Å². The van der Waals surface area contributed by atoms with E-state index < -0.39 is 5.97 Å². The molecule has 75 valence electrons. The van der Waals surface area contributed by atoms with E-state index in [-0.39, 0.29) is 40.4 Å². The Morgan fingerprint density at radius 1 is 1.33 bits per heavy atom. The third-order valence-corrected chi connectivity index (χ3v) is 0. The van der Waals surface area contributed by atoms with Crippen LogP contribution in [0.25, 0.3) is 0 Å². The number of carboxylic acid groups (broad SMARTS) is 1. The van der Waals surface area contributed by atoms with Crippen molar-refractivity contribution >= 4 is 29.3 Å². The van der Waals surface area contributed by atoms with Crippen LogP contribution in [-0.4, -0.2) is 45.3 Å². The molecule has 0 saturated heterocycles. The maximum Gasteiger partial charge on any atom is 0.300 e. The predicted octanol–water partition coefficient (Wildman–Crippen LogP) is -2.94. The minimum Gasteiger partial charge on any atom is -0.481 e. The van der Waals surface area contributed by atoms with E-state index in [9.17, 15) is 0 Å². The summed E-state index contributed by atoms with van der Waals surface area (Å²) < 4.78 is 0. The van der Waals surface area contributed by atoms with E-state index in [4.69, 9.17) is 15.3 Å². The Morgan fingerprint density at radius 3 is 1.33 bits per heavy atom. The van der Waals surface area contributed by atoms with Crippen molar-refractivity contribution in [2.45, 2.75) is 6.92 Å². The molecular weight excluding hydrogens is 183 g/mol. The van der Waals surface area contributed by atoms with Crippen LogP contribution in [0.4, 0.5) is 0 Å². The van der Waals surface area contributed by atoms with Gasteiger partial charge in [0.25, 0.3) is 5.97 Å². The van der Waals surface area contributed by atoms with Gasteiger partial charge in [-0.05, 0) is 0 Å². The Bertz CT molecular complexity index is 80.3. The van der Waals surface area contributed by atoms with Crippen molar-refractivity contribution in [2.24, 2.45) is 11.5 Å². The summed E-state index contributed by atoms with van der Waals surface area (Å²) in [4.78, 5) is 9.00. The lowest BCUT2D eigenvalue weighted by Crippen LogP contribution is -2.20. The normalized spacial score (nSPS) is 4.08. The monoisotopic (exact) mass is 199 g/mol. The third-order valence-electron chi connectivity index (χ3n) is 0. The second-order valence-corrected chi connectivity index (χ2v) is 0.974. The van der Waals surface area contributed by atoms with Gasteiger partial charge in [0, 0.05) is 24.3 Å². The van der Waals surface area contributed by atoms with E-state index in [1.54, 1.807) is 0 Å². The Labute approximate surface area is 80.8 Å². The maximum atomic E-state index is 9.00. The van der Waals surface area contributed by atoms with Crippen LogP contribution in [0.2, 0.25) is 0 Å². The summed E-state index contributed by atoms with van der Waals surface area (Å²) in [5.41, 5.74) is 8.94. The minimum absolute atomic E-state index is 0. The van der Waals surface area contributed by atoms with Gasteiger partial charge in [0.15, 0.2) is 5.96 Å². The molecule has 0 fully saturated rings. The summed E-state index contributed by atoms with van der Waals surface area (Å²) >= 11 is 0. The number of nitrogens with two attached hydrogens (primary N) is 2. The summed E-state index contributed by atoms with van der Waals surface area (Å²) in [7, 11) is 0. The first-order chi connectivity index (χ1) is 3.46. The van der Waals surface area contributed by atoms with Crippen LogP contribution < -0.4 is 17.6 Å². The molecule has 0 rings (SSSR count). The molecule has 0 aliphatic heterocycles. The number of guanidine groups is 1. The first-order valence-electron chi connectivity index (χ1n) is 1.76. The zero-order valence-electron chi connectivity index (χ0n) is 6.79. The number of hydrogen-bond acceptors (Lipinski definition) is 3. The number of carbonyl (C=O) groups is 1. The average molecular weight is 199 g/mol. The molecule has 0 spiro atoms. The van der Waals surface area contributed by atoms with Crippen molar-refractivity contribution in [3.63, 3.8) is 0 Å². The van der Waals surface area contributed by atoms with E-state index in [0.717, 1.165) is 6.92 Å². The number of rotatable bonds is 0. The summed E-state index contributed by atoms with van der Waals surface area (Å²) in [5.74, 6) is -1.17. The largest absolute Gasteiger partial charge is 0.481 e. The van der Waals surface area contributed by atoms with Crippen LogP contribution >= 0.6 is 0 Å². The molecule has 0 aromatic rings. The fourth-order valence-corrected chi connectivity index (χ4v) is 0. The van der Waals surface area contributed by atoms with Gasteiger partial charge in [-0.1, -0.05) is 0 Å². The zero-order chi connectivity index (χ0) is 7.15. The number of nitrogens with one attached hydrogen (secondary N) is 1. The fraction of sp³-hybridized carbons (Fsp3) is 0.333. The molecule has 3 radical (unpaired) electrons. The molecule has 12 heavy (non-hydrogen) atoms. The Kier molecular flexibility index (Phi) is 116. The predicted molar refractivity (Wildman–Crippen MR) is 47.4 cm³/mol. The number of hydrogen-bond donors (Lipinski definition) is 5. The molecular formula is C3H16AlN4O4. The lowest BCUT2D eigenvalue weighted by molar-refractivity contribution is -0.134. The van der Waals surface area contributed by atoms with Crippen molar-refractivity contribution in [1.29, 1.82) is 5.41 Å². The lowest BCUT2D eigenvalue weighted by Gasteiger charge is -1.69. The van der Waals surface area contributed by atoms with Crippen molar-refractivity contribution in [1.82, 2.24) is 6.15 Å². The zero-order valence-corrected chi connectivity index (χ0v) is 7.95. The smallest absolute Gasteiger partial charge is 0.300 e. The summed E-state index contributed by atoms with van der Waals surface area (Å²) in [6.07, 6.45) is 0. The van der Waals surface area contributed by atoms with Crippen LogP contribution in [0, 0.1) is 5.41 Å². The highest BCUT2D eigenvalue weighted by atomic mass is 27.0. The molecule has 13 N–H and O–H groups in total. The quantitative estimate of drug-likeness (QED) is 0.157. The van der Waals surface area contributed by atoms with E-state index in [0.29, 0.717) is 0 Å². The summed E-state index contributed by atoms with van der Waals surface area (Å²) in [5, 5.41) is 13.5. The second-order valence-electron chi connectivity index (χ2n) is 0.974. The molecule has 0 bridgehead atoms. The molecule has 0 amide bonds. The molecule has 0 unspecified atom stereocenters. The number of aliphatic carboxylic acids is 1. The van der Waals surface area contributed by atoms with Crippen LogP contribution in [0.15, 0.2) is 0 Å². The topological polar surface area (TPSA) is 211 Å². The first-order valence-corrected chi connectivity index (χ1v) is 1.76. The van der Waals surface area contributed by atoms with E-state index >= 15 is 0 Å². The van der Waals surface area contributed by atoms with E-state index in [1.165, 1.54) is 0 Å². The molecule has 0 aromatic heterocycles.